The third-order valence-electron chi connectivity index (χ3n) is 5.35. The van der Waals surface area contributed by atoms with Gasteiger partial charge in [-0.2, -0.15) is 0 Å². The van der Waals surface area contributed by atoms with Crippen LogP contribution in [0.15, 0.2) is 30.3 Å². The van der Waals surface area contributed by atoms with Gasteiger partial charge in [-0.05, 0) is 25.3 Å². The van der Waals surface area contributed by atoms with E-state index in [2.05, 4.69) is 6.92 Å². The van der Waals surface area contributed by atoms with E-state index in [0.29, 0.717) is 6.32 Å². The Morgan fingerprint density at radius 1 is 1.14 bits per heavy atom. The topological polar surface area (TPSA) is 47.9 Å². The van der Waals surface area contributed by atoms with Crippen LogP contribution >= 0.6 is 0 Å². The first-order valence-corrected chi connectivity index (χ1v) is 8.38. The Balaban J connectivity index is 1.68. The van der Waals surface area contributed by atoms with Crippen molar-refractivity contribution in [2.45, 2.75) is 68.9 Å². The fraction of sp³-hybridized carbons (Fsp3) is 0.647. The Morgan fingerprint density at radius 2 is 1.86 bits per heavy atom. The van der Waals surface area contributed by atoms with Gasteiger partial charge in [0.15, 0.2) is 5.79 Å². The summed E-state index contributed by atoms with van der Waals surface area (Å²) in [6, 6.07) is 10.0. The Morgan fingerprint density at radius 3 is 2.59 bits per heavy atom. The summed E-state index contributed by atoms with van der Waals surface area (Å²) in [5.74, 6) is -0.474. The summed E-state index contributed by atoms with van der Waals surface area (Å²) in [6.45, 7) is 2.07. The first-order chi connectivity index (χ1) is 10.6. The minimum Gasteiger partial charge on any atom is -0.427 e. The Hall–Kier alpha value is -0.875. The molecule has 2 heterocycles. The van der Waals surface area contributed by atoms with Crippen LogP contribution < -0.4 is 0 Å². The molecule has 3 atom stereocenters. The average molecular weight is 302 g/mol. The molecule has 2 saturated heterocycles. The number of hydrogen-bond acceptors (Lipinski definition) is 4. The monoisotopic (exact) mass is 302 g/mol. The lowest BCUT2D eigenvalue weighted by molar-refractivity contribution is -0.216. The highest BCUT2D eigenvalue weighted by Gasteiger charge is 2.62. The number of hydrogen-bond donors (Lipinski definition) is 1. The Bertz CT molecular complexity index is 531. The van der Waals surface area contributed by atoms with Gasteiger partial charge in [0.2, 0.25) is 0 Å². The highest BCUT2D eigenvalue weighted by molar-refractivity contribution is 6.43. The molecule has 0 bridgehead atoms. The van der Waals surface area contributed by atoms with Gasteiger partial charge in [0.1, 0.15) is 5.60 Å². The van der Waals surface area contributed by atoms with E-state index >= 15 is 0 Å². The third kappa shape index (κ3) is 2.31. The van der Waals surface area contributed by atoms with Crippen molar-refractivity contribution in [1.82, 2.24) is 0 Å². The van der Waals surface area contributed by atoms with E-state index in [-0.39, 0.29) is 12.2 Å². The van der Waals surface area contributed by atoms with Gasteiger partial charge in [0.05, 0.1) is 12.2 Å². The van der Waals surface area contributed by atoms with Crippen LogP contribution in [0.2, 0.25) is 6.32 Å². The van der Waals surface area contributed by atoms with E-state index in [1.165, 1.54) is 6.42 Å². The molecule has 1 N–H and O–H groups in total. The molecule has 3 fully saturated rings. The number of ether oxygens (including phenoxy) is 2. The van der Waals surface area contributed by atoms with Gasteiger partial charge in [0, 0.05) is 19.2 Å². The maximum Gasteiger partial charge on any atom is 0.457 e. The zero-order valence-corrected chi connectivity index (χ0v) is 13.0. The van der Waals surface area contributed by atoms with Crippen LogP contribution in [0.1, 0.15) is 50.7 Å². The van der Waals surface area contributed by atoms with Crippen molar-refractivity contribution in [3.63, 3.8) is 0 Å². The summed E-state index contributed by atoms with van der Waals surface area (Å²) in [6.07, 6.45) is 5.46. The molecule has 1 aromatic rings. The van der Waals surface area contributed by atoms with Gasteiger partial charge in [-0.3, -0.25) is 0 Å². The second kappa shape index (κ2) is 5.34. The lowest BCUT2D eigenvalue weighted by Crippen LogP contribution is -2.52. The van der Waals surface area contributed by atoms with E-state index in [1.807, 2.05) is 30.3 Å². The van der Waals surface area contributed by atoms with Crippen LogP contribution in [-0.4, -0.2) is 29.6 Å². The summed E-state index contributed by atoms with van der Waals surface area (Å²) in [4.78, 5) is 0. The minimum absolute atomic E-state index is 0.125. The largest absolute Gasteiger partial charge is 0.457 e. The van der Waals surface area contributed by atoms with Crippen molar-refractivity contribution in [2.75, 3.05) is 0 Å². The molecular weight excluding hydrogens is 279 g/mol. The molecule has 0 radical (unpaired) electrons. The van der Waals surface area contributed by atoms with Gasteiger partial charge < -0.3 is 19.2 Å². The SMILES string of the molecule is C[C@]12OC3(CCCCC3)O[C@H]1CB(O)O[C@H]2c1ccccc1. The fourth-order valence-corrected chi connectivity index (χ4v) is 4.25. The van der Waals surface area contributed by atoms with Crippen LogP contribution in [0.4, 0.5) is 0 Å². The Labute approximate surface area is 131 Å². The van der Waals surface area contributed by atoms with Crippen molar-refractivity contribution in [1.29, 1.82) is 0 Å². The van der Waals surface area contributed by atoms with Crippen molar-refractivity contribution in [3.05, 3.63) is 35.9 Å². The maximum atomic E-state index is 10.1. The van der Waals surface area contributed by atoms with E-state index in [4.69, 9.17) is 14.1 Å². The molecule has 1 spiro atoms. The minimum atomic E-state index is -0.800. The van der Waals surface area contributed by atoms with Gasteiger partial charge in [-0.15, -0.1) is 0 Å². The molecule has 1 aliphatic carbocycles. The van der Waals surface area contributed by atoms with Crippen LogP contribution in [0, 0.1) is 0 Å². The quantitative estimate of drug-likeness (QED) is 0.810. The van der Waals surface area contributed by atoms with Crippen LogP contribution in [-0.2, 0) is 14.1 Å². The average Bonchev–Trinajstić information content (AvgIpc) is 2.79. The van der Waals surface area contributed by atoms with E-state index in [9.17, 15) is 5.02 Å². The highest BCUT2D eigenvalue weighted by Crippen LogP contribution is 2.53. The third-order valence-corrected chi connectivity index (χ3v) is 5.35. The summed E-state index contributed by atoms with van der Waals surface area (Å²) >= 11 is 0. The number of fused-ring (bicyclic) bond motifs is 1. The van der Waals surface area contributed by atoms with Gasteiger partial charge >= 0.3 is 7.12 Å². The van der Waals surface area contributed by atoms with E-state index in [1.54, 1.807) is 0 Å². The summed E-state index contributed by atoms with van der Waals surface area (Å²) in [5.41, 5.74) is 0.489. The van der Waals surface area contributed by atoms with E-state index < -0.39 is 18.5 Å². The van der Waals surface area contributed by atoms with Crippen LogP contribution in [0.3, 0.4) is 0 Å². The van der Waals surface area contributed by atoms with Gasteiger partial charge in [-0.25, -0.2) is 0 Å². The molecule has 118 valence electrons. The molecule has 1 saturated carbocycles. The zero-order chi connectivity index (χ0) is 15.2. The predicted octanol–water partition coefficient (Wildman–Crippen LogP) is 3.07. The molecule has 4 nitrogen and oxygen atoms in total. The molecule has 5 heteroatoms. The maximum absolute atomic E-state index is 10.1. The standard InChI is InChI=1S/C17H23BO4/c1-16-14(20-17(22-16)10-6-3-7-11-17)12-18(19)21-15(16)13-8-4-2-5-9-13/h2,4-5,8-9,14-15,19H,3,6-7,10-12H2,1H3/t14-,15-,16-/m0/s1. The fourth-order valence-electron chi connectivity index (χ4n) is 4.25. The normalized spacial score (nSPS) is 37.3. The van der Waals surface area contributed by atoms with Crippen molar-refractivity contribution in [2.24, 2.45) is 0 Å². The molecule has 2 aliphatic heterocycles. The first-order valence-electron chi connectivity index (χ1n) is 8.38. The first kappa shape index (κ1) is 14.7. The zero-order valence-electron chi connectivity index (χ0n) is 13.0. The van der Waals surface area contributed by atoms with E-state index in [0.717, 1.165) is 31.2 Å². The number of rotatable bonds is 1. The van der Waals surface area contributed by atoms with Crippen LogP contribution in [0.5, 0.6) is 0 Å². The number of benzene rings is 1. The smallest absolute Gasteiger partial charge is 0.427 e. The van der Waals surface area contributed by atoms with Gasteiger partial charge in [-0.1, -0.05) is 36.8 Å². The molecule has 0 amide bonds. The lowest BCUT2D eigenvalue weighted by atomic mass is 9.69. The van der Waals surface area contributed by atoms with Crippen molar-refractivity contribution >= 4 is 7.12 Å². The second-order valence-electron chi connectivity index (χ2n) is 6.98. The lowest BCUT2D eigenvalue weighted by Gasteiger charge is -2.42. The summed E-state index contributed by atoms with van der Waals surface area (Å²) in [7, 11) is -0.800. The summed E-state index contributed by atoms with van der Waals surface area (Å²) in [5, 5.41) is 10.1. The molecule has 0 aromatic heterocycles. The predicted molar refractivity (Wildman–Crippen MR) is 83.2 cm³/mol. The second-order valence-corrected chi connectivity index (χ2v) is 6.98. The molecule has 0 unspecified atom stereocenters. The molecule has 4 rings (SSSR count). The molecule has 1 aromatic carbocycles. The molecular formula is C17H23BO4. The molecule has 22 heavy (non-hydrogen) atoms. The summed E-state index contributed by atoms with van der Waals surface area (Å²) < 4.78 is 18.8. The van der Waals surface area contributed by atoms with Crippen LogP contribution in [0.25, 0.3) is 0 Å². The van der Waals surface area contributed by atoms with Crippen molar-refractivity contribution < 1.29 is 19.2 Å². The highest BCUT2D eigenvalue weighted by atomic mass is 16.8. The Kier molecular flexibility index (Phi) is 3.57. The molecule has 3 aliphatic rings. The van der Waals surface area contributed by atoms with Gasteiger partial charge in [0.25, 0.3) is 0 Å². The van der Waals surface area contributed by atoms with Crippen molar-refractivity contribution in [3.8, 4) is 0 Å².